The molecule has 1 amide bonds. The highest BCUT2D eigenvalue weighted by Gasteiger charge is 2.29. The minimum atomic E-state index is -0.843. The predicted molar refractivity (Wildman–Crippen MR) is 86.7 cm³/mol. The van der Waals surface area contributed by atoms with Gasteiger partial charge in [-0.25, -0.2) is 4.98 Å². The van der Waals surface area contributed by atoms with E-state index in [4.69, 9.17) is 16.7 Å². The van der Waals surface area contributed by atoms with Crippen LogP contribution in [0, 0.1) is 5.92 Å². The van der Waals surface area contributed by atoms with Crippen molar-refractivity contribution in [1.29, 1.82) is 0 Å². The Morgan fingerprint density at radius 3 is 2.91 bits per heavy atom. The second-order valence-electron chi connectivity index (χ2n) is 5.07. The second-order valence-corrected chi connectivity index (χ2v) is 7.64. The Bertz CT molecular complexity index is 713. The molecule has 0 spiro atoms. The lowest BCUT2D eigenvalue weighted by Crippen LogP contribution is -2.42. The lowest BCUT2D eigenvalue weighted by atomic mass is 9.98. The van der Waals surface area contributed by atoms with E-state index < -0.39 is 11.9 Å². The first-order valence-corrected chi connectivity index (χ1v) is 8.85. The number of hydrogen-bond acceptors (Lipinski definition) is 5. The first-order valence-electron chi connectivity index (χ1n) is 6.78. The third kappa shape index (κ3) is 3.16. The molecule has 1 saturated heterocycles. The predicted octanol–water partition coefficient (Wildman–Crippen LogP) is 3.46. The van der Waals surface area contributed by atoms with Crippen LogP contribution in [0.5, 0.6) is 0 Å². The monoisotopic (exact) mass is 356 g/mol. The van der Waals surface area contributed by atoms with Crippen molar-refractivity contribution in [3.05, 3.63) is 27.5 Å². The van der Waals surface area contributed by atoms with Crippen LogP contribution >= 0.6 is 34.3 Å². The number of carboxylic acid groups (broad SMARTS) is 1. The molecule has 3 rings (SSSR count). The molecule has 5 nitrogen and oxygen atoms in total. The highest BCUT2D eigenvalue weighted by atomic mass is 35.5. The summed E-state index contributed by atoms with van der Waals surface area (Å²) in [6.45, 7) is 0.839. The Balaban J connectivity index is 1.75. The number of thiophene rings is 1. The summed E-state index contributed by atoms with van der Waals surface area (Å²) in [4.78, 5) is 30.4. The van der Waals surface area contributed by atoms with Crippen molar-refractivity contribution in [3.8, 4) is 9.88 Å². The van der Waals surface area contributed by atoms with Gasteiger partial charge in [-0.1, -0.05) is 11.6 Å². The largest absolute Gasteiger partial charge is 0.481 e. The molecule has 0 aliphatic carbocycles. The third-order valence-corrected chi connectivity index (χ3v) is 5.81. The average molecular weight is 357 g/mol. The molecule has 1 fully saturated rings. The number of carbonyl (C=O) groups excluding carboxylic acids is 1. The van der Waals surface area contributed by atoms with Crippen LogP contribution in [0.2, 0.25) is 4.34 Å². The lowest BCUT2D eigenvalue weighted by molar-refractivity contribution is -0.143. The normalized spacial score (nSPS) is 18.4. The Labute approximate surface area is 140 Å². The van der Waals surface area contributed by atoms with Gasteiger partial charge in [0.2, 0.25) is 0 Å². The maximum absolute atomic E-state index is 12.5. The van der Waals surface area contributed by atoms with E-state index in [2.05, 4.69) is 4.98 Å². The molecule has 0 unspecified atom stereocenters. The van der Waals surface area contributed by atoms with Crippen LogP contribution in [-0.4, -0.2) is 40.0 Å². The van der Waals surface area contributed by atoms with E-state index in [0.29, 0.717) is 29.4 Å². The number of hydrogen-bond donors (Lipinski definition) is 1. The van der Waals surface area contributed by atoms with Crippen molar-refractivity contribution in [2.75, 3.05) is 13.1 Å². The molecule has 0 aromatic carbocycles. The molecule has 0 bridgehead atoms. The summed E-state index contributed by atoms with van der Waals surface area (Å²) >= 11 is 8.72. The van der Waals surface area contributed by atoms with E-state index in [1.807, 2.05) is 6.07 Å². The van der Waals surface area contributed by atoms with Crippen molar-refractivity contribution in [1.82, 2.24) is 9.88 Å². The first-order chi connectivity index (χ1) is 10.5. The van der Waals surface area contributed by atoms with E-state index in [9.17, 15) is 9.59 Å². The summed E-state index contributed by atoms with van der Waals surface area (Å²) < 4.78 is 0.679. The van der Waals surface area contributed by atoms with Gasteiger partial charge >= 0.3 is 5.97 Å². The number of likely N-dealkylation sites (tertiary alicyclic amines) is 1. The van der Waals surface area contributed by atoms with Crippen molar-refractivity contribution >= 4 is 46.2 Å². The van der Waals surface area contributed by atoms with Gasteiger partial charge in [0.1, 0.15) is 10.7 Å². The van der Waals surface area contributed by atoms with Gasteiger partial charge in [-0.15, -0.1) is 22.7 Å². The molecule has 0 radical (unpaired) electrons. The van der Waals surface area contributed by atoms with Crippen molar-refractivity contribution in [3.63, 3.8) is 0 Å². The van der Waals surface area contributed by atoms with Gasteiger partial charge in [-0.3, -0.25) is 9.59 Å². The lowest BCUT2D eigenvalue weighted by Gasteiger charge is -2.30. The fourth-order valence-corrected chi connectivity index (χ4v) is 4.35. The minimum Gasteiger partial charge on any atom is -0.481 e. The number of rotatable bonds is 3. The van der Waals surface area contributed by atoms with Crippen LogP contribution in [-0.2, 0) is 4.79 Å². The highest BCUT2D eigenvalue weighted by molar-refractivity contribution is 7.23. The second kappa shape index (κ2) is 6.36. The SMILES string of the molecule is O=C(O)[C@H]1CCCN(C(=O)c2csc(-c3ccc(Cl)s3)n2)C1. The third-order valence-electron chi connectivity index (χ3n) is 3.57. The number of nitrogens with zero attached hydrogens (tertiary/aromatic N) is 2. The van der Waals surface area contributed by atoms with Crippen LogP contribution < -0.4 is 0 Å². The van der Waals surface area contributed by atoms with Crippen LogP contribution in [0.3, 0.4) is 0 Å². The van der Waals surface area contributed by atoms with Crippen LogP contribution in [0.25, 0.3) is 9.88 Å². The molecule has 3 heterocycles. The number of amides is 1. The number of aliphatic carboxylic acids is 1. The summed E-state index contributed by atoms with van der Waals surface area (Å²) in [5.41, 5.74) is 0.371. The molecule has 1 N–H and O–H groups in total. The van der Waals surface area contributed by atoms with Gasteiger partial charge in [0.25, 0.3) is 5.91 Å². The van der Waals surface area contributed by atoms with Gasteiger partial charge in [0, 0.05) is 18.5 Å². The van der Waals surface area contributed by atoms with E-state index in [1.165, 1.54) is 22.7 Å². The number of carboxylic acids is 1. The minimum absolute atomic E-state index is 0.198. The topological polar surface area (TPSA) is 70.5 Å². The smallest absolute Gasteiger partial charge is 0.308 e. The van der Waals surface area contributed by atoms with Crippen molar-refractivity contribution < 1.29 is 14.7 Å². The first kappa shape index (κ1) is 15.5. The van der Waals surface area contributed by atoms with Crippen molar-refractivity contribution in [2.24, 2.45) is 5.92 Å². The molecular weight excluding hydrogens is 344 g/mol. The molecule has 1 aliphatic heterocycles. The number of aromatic nitrogens is 1. The highest BCUT2D eigenvalue weighted by Crippen LogP contribution is 2.33. The Kier molecular flexibility index (Phi) is 4.46. The molecule has 1 atom stereocenters. The molecule has 8 heteroatoms. The molecule has 2 aromatic rings. The maximum atomic E-state index is 12.5. The quantitative estimate of drug-likeness (QED) is 0.914. The zero-order valence-corrected chi connectivity index (χ0v) is 13.9. The van der Waals surface area contributed by atoms with E-state index in [0.717, 1.165) is 9.88 Å². The number of carbonyl (C=O) groups is 2. The zero-order chi connectivity index (χ0) is 15.7. The van der Waals surface area contributed by atoms with Crippen LogP contribution in [0.1, 0.15) is 23.3 Å². The maximum Gasteiger partial charge on any atom is 0.308 e. The Morgan fingerprint density at radius 2 is 2.23 bits per heavy atom. The van der Waals surface area contributed by atoms with Gasteiger partial charge < -0.3 is 10.0 Å². The van der Waals surface area contributed by atoms with Gasteiger partial charge in [-0.05, 0) is 25.0 Å². The van der Waals surface area contributed by atoms with Crippen LogP contribution in [0.4, 0.5) is 0 Å². The molecule has 0 saturated carbocycles. The number of halogens is 1. The van der Waals surface area contributed by atoms with Gasteiger partial charge in [0.05, 0.1) is 15.1 Å². The summed E-state index contributed by atoms with van der Waals surface area (Å²) in [5, 5.41) is 11.6. The zero-order valence-electron chi connectivity index (χ0n) is 11.5. The molecule has 1 aliphatic rings. The molecular formula is C14H13ClN2O3S2. The van der Waals surface area contributed by atoms with Gasteiger partial charge in [-0.2, -0.15) is 0 Å². The Hall–Kier alpha value is -1.44. The molecule has 22 heavy (non-hydrogen) atoms. The van der Waals surface area contributed by atoms with Crippen LogP contribution in [0.15, 0.2) is 17.5 Å². The van der Waals surface area contributed by atoms with E-state index in [1.54, 1.807) is 16.3 Å². The number of piperidine rings is 1. The standard InChI is InChI=1S/C14H13ClN2O3S2/c15-11-4-3-10(22-11)12-16-9(7-21-12)13(18)17-5-1-2-8(6-17)14(19)20/h3-4,7-8H,1-2,5-6H2,(H,19,20)/t8-/m0/s1. The fraction of sp³-hybridized carbons (Fsp3) is 0.357. The van der Waals surface area contributed by atoms with Crippen molar-refractivity contribution in [2.45, 2.75) is 12.8 Å². The summed E-state index contributed by atoms with van der Waals surface area (Å²) in [5.74, 6) is -1.52. The van der Waals surface area contributed by atoms with Gasteiger partial charge in [0.15, 0.2) is 0 Å². The average Bonchev–Trinajstić information content (AvgIpc) is 3.15. The fourth-order valence-electron chi connectivity index (χ4n) is 2.44. The molecule has 116 valence electrons. The summed E-state index contributed by atoms with van der Waals surface area (Å²) in [6.07, 6.45) is 1.33. The van der Waals surface area contributed by atoms with E-state index >= 15 is 0 Å². The Morgan fingerprint density at radius 1 is 1.41 bits per heavy atom. The summed E-state index contributed by atoms with van der Waals surface area (Å²) in [6, 6.07) is 3.67. The number of thiazole rings is 1. The van der Waals surface area contributed by atoms with E-state index in [-0.39, 0.29) is 12.5 Å². The summed E-state index contributed by atoms with van der Waals surface area (Å²) in [7, 11) is 0. The molecule has 2 aromatic heterocycles.